The van der Waals surface area contributed by atoms with E-state index < -0.39 is 0 Å². The molecule has 0 aromatic rings. The number of ether oxygens (including phenoxy) is 1. The second kappa shape index (κ2) is 5.48. The number of nitrogens with one attached hydrogen (secondary N) is 1. The van der Waals surface area contributed by atoms with Crippen molar-refractivity contribution in [3.63, 3.8) is 0 Å². The van der Waals surface area contributed by atoms with Gasteiger partial charge in [0.2, 0.25) is 0 Å². The molecule has 104 valence electrons. The lowest BCUT2D eigenvalue weighted by Crippen LogP contribution is -2.63. The van der Waals surface area contributed by atoms with Crippen LogP contribution in [0.2, 0.25) is 0 Å². The van der Waals surface area contributed by atoms with Crippen LogP contribution in [0.15, 0.2) is 0 Å². The highest BCUT2D eigenvalue weighted by atomic mass is 16.5. The zero-order valence-electron chi connectivity index (χ0n) is 11.8. The summed E-state index contributed by atoms with van der Waals surface area (Å²) in [6.07, 6.45) is 8.55. The van der Waals surface area contributed by atoms with Gasteiger partial charge in [-0.25, -0.2) is 0 Å². The summed E-state index contributed by atoms with van der Waals surface area (Å²) >= 11 is 0. The first-order valence-electron chi connectivity index (χ1n) is 7.93. The highest BCUT2D eigenvalue weighted by Crippen LogP contribution is 2.46. The van der Waals surface area contributed by atoms with Gasteiger partial charge < -0.3 is 10.1 Å². The van der Waals surface area contributed by atoms with E-state index in [4.69, 9.17) is 4.74 Å². The second-order valence-corrected chi connectivity index (χ2v) is 6.28. The van der Waals surface area contributed by atoms with E-state index in [1.165, 1.54) is 38.5 Å². The van der Waals surface area contributed by atoms with E-state index in [9.17, 15) is 0 Å². The Kier molecular flexibility index (Phi) is 3.92. The number of hydrogen-bond donors (Lipinski definition) is 1. The summed E-state index contributed by atoms with van der Waals surface area (Å²) in [7, 11) is 0. The van der Waals surface area contributed by atoms with Crippen LogP contribution in [0.3, 0.4) is 0 Å². The number of rotatable bonds is 5. The molecule has 3 rings (SSSR count). The summed E-state index contributed by atoms with van der Waals surface area (Å²) in [5, 5.41) is 3.84. The lowest BCUT2D eigenvalue weighted by atomic mass is 9.82. The summed E-state index contributed by atoms with van der Waals surface area (Å²) in [6.45, 7) is 7.55. The molecule has 2 aliphatic carbocycles. The summed E-state index contributed by atoms with van der Waals surface area (Å²) in [6, 6.07) is 0.739. The molecule has 1 N–H and O–H groups in total. The van der Waals surface area contributed by atoms with Crippen molar-refractivity contribution in [2.45, 2.75) is 57.0 Å². The van der Waals surface area contributed by atoms with Crippen LogP contribution in [0, 0.1) is 5.92 Å². The smallest absolute Gasteiger partial charge is 0.0594 e. The molecule has 18 heavy (non-hydrogen) atoms. The predicted molar refractivity (Wildman–Crippen MR) is 73.8 cm³/mol. The van der Waals surface area contributed by atoms with E-state index >= 15 is 0 Å². The van der Waals surface area contributed by atoms with Crippen molar-refractivity contribution in [3.8, 4) is 0 Å². The van der Waals surface area contributed by atoms with Gasteiger partial charge >= 0.3 is 0 Å². The molecule has 3 fully saturated rings. The standard InChI is InChI=1S/C15H28N2O/c1-2-16-14(13-5-6-13)15(7-3-4-8-15)17-9-11-18-12-10-17/h13-14,16H,2-12H2,1H3. The normalized spacial score (nSPS) is 30.5. The van der Waals surface area contributed by atoms with E-state index in [1.54, 1.807) is 0 Å². The third-order valence-electron chi connectivity index (χ3n) is 5.21. The summed E-state index contributed by atoms with van der Waals surface area (Å²) in [4.78, 5) is 2.77. The van der Waals surface area contributed by atoms with Crippen molar-refractivity contribution in [2.24, 2.45) is 5.92 Å². The minimum atomic E-state index is 0.459. The highest BCUT2D eigenvalue weighted by Gasteiger charge is 2.51. The molecule has 3 nitrogen and oxygen atoms in total. The molecule has 0 aromatic heterocycles. The van der Waals surface area contributed by atoms with E-state index in [0.717, 1.165) is 44.8 Å². The first kappa shape index (κ1) is 12.9. The Balaban J connectivity index is 1.79. The minimum absolute atomic E-state index is 0.459. The molecule has 0 radical (unpaired) electrons. The molecular weight excluding hydrogens is 224 g/mol. The Morgan fingerprint density at radius 1 is 1.22 bits per heavy atom. The van der Waals surface area contributed by atoms with Crippen molar-refractivity contribution < 1.29 is 4.74 Å². The topological polar surface area (TPSA) is 24.5 Å². The molecule has 1 aliphatic heterocycles. The van der Waals surface area contributed by atoms with E-state index in [0.29, 0.717) is 5.54 Å². The summed E-state index contributed by atoms with van der Waals surface area (Å²) in [5.41, 5.74) is 0.459. The monoisotopic (exact) mass is 252 g/mol. The first-order valence-corrected chi connectivity index (χ1v) is 7.93. The maximum Gasteiger partial charge on any atom is 0.0594 e. The van der Waals surface area contributed by atoms with Crippen LogP contribution in [-0.4, -0.2) is 49.3 Å². The van der Waals surface area contributed by atoms with Gasteiger partial charge in [0.15, 0.2) is 0 Å². The third-order valence-corrected chi connectivity index (χ3v) is 5.21. The molecule has 1 heterocycles. The van der Waals surface area contributed by atoms with Gasteiger partial charge in [0.25, 0.3) is 0 Å². The Morgan fingerprint density at radius 2 is 1.89 bits per heavy atom. The maximum absolute atomic E-state index is 5.56. The van der Waals surface area contributed by atoms with Gasteiger partial charge in [0.05, 0.1) is 13.2 Å². The average molecular weight is 252 g/mol. The zero-order valence-corrected chi connectivity index (χ0v) is 11.8. The second-order valence-electron chi connectivity index (χ2n) is 6.28. The van der Waals surface area contributed by atoms with Crippen LogP contribution in [0.1, 0.15) is 45.4 Å². The van der Waals surface area contributed by atoms with Crippen molar-refractivity contribution in [3.05, 3.63) is 0 Å². The van der Waals surface area contributed by atoms with E-state index in [1.807, 2.05) is 0 Å². The molecule has 1 atom stereocenters. The Hall–Kier alpha value is -0.120. The number of likely N-dealkylation sites (N-methyl/N-ethyl adjacent to an activating group) is 1. The first-order chi connectivity index (χ1) is 8.87. The Labute approximate surface area is 111 Å². The molecule has 0 amide bonds. The number of morpholine rings is 1. The average Bonchev–Trinajstić information content (AvgIpc) is 3.14. The fourth-order valence-electron chi connectivity index (χ4n) is 4.26. The van der Waals surface area contributed by atoms with Crippen molar-refractivity contribution in [2.75, 3.05) is 32.8 Å². The molecule has 1 unspecified atom stereocenters. The van der Waals surface area contributed by atoms with Gasteiger partial charge in [-0.2, -0.15) is 0 Å². The van der Waals surface area contributed by atoms with Crippen LogP contribution in [-0.2, 0) is 4.74 Å². The SMILES string of the molecule is CCNC(C1CC1)C1(N2CCOCC2)CCCC1. The molecule has 0 spiro atoms. The van der Waals surface area contributed by atoms with Gasteiger partial charge in [0.1, 0.15) is 0 Å². The van der Waals surface area contributed by atoms with Gasteiger partial charge in [-0.05, 0) is 38.1 Å². The number of hydrogen-bond acceptors (Lipinski definition) is 3. The maximum atomic E-state index is 5.56. The molecule has 3 heteroatoms. The van der Waals surface area contributed by atoms with Crippen LogP contribution < -0.4 is 5.32 Å². The molecular formula is C15H28N2O. The lowest BCUT2D eigenvalue weighted by molar-refractivity contribution is -0.0387. The van der Waals surface area contributed by atoms with Crippen LogP contribution in [0.25, 0.3) is 0 Å². The van der Waals surface area contributed by atoms with Gasteiger partial charge in [-0.15, -0.1) is 0 Å². The van der Waals surface area contributed by atoms with Crippen LogP contribution in [0.4, 0.5) is 0 Å². The van der Waals surface area contributed by atoms with Crippen molar-refractivity contribution in [1.29, 1.82) is 0 Å². The number of nitrogens with zero attached hydrogens (tertiary/aromatic N) is 1. The summed E-state index contributed by atoms with van der Waals surface area (Å²) < 4.78 is 5.56. The Bertz CT molecular complexity index is 266. The summed E-state index contributed by atoms with van der Waals surface area (Å²) in [5.74, 6) is 0.950. The molecule has 1 saturated heterocycles. The van der Waals surface area contributed by atoms with Crippen molar-refractivity contribution >= 4 is 0 Å². The molecule has 3 aliphatic rings. The fraction of sp³-hybridized carbons (Fsp3) is 1.00. The molecule has 0 aromatic carbocycles. The van der Waals surface area contributed by atoms with Crippen LogP contribution in [0.5, 0.6) is 0 Å². The van der Waals surface area contributed by atoms with E-state index in [2.05, 4.69) is 17.1 Å². The lowest BCUT2D eigenvalue weighted by Gasteiger charge is -2.49. The third kappa shape index (κ3) is 2.33. The predicted octanol–water partition coefficient (Wildman–Crippen LogP) is 2.02. The minimum Gasteiger partial charge on any atom is -0.379 e. The van der Waals surface area contributed by atoms with E-state index in [-0.39, 0.29) is 0 Å². The zero-order chi connectivity index (χ0) is 12.4. The van der Waals surface area contributed by atoms with Crippen molar-refractivity contribution in [1.82, 2.24) is 10.2 Å². The quantitative estimate of drug-likeness (QED) is 0.810. The molecule has 2 saturated carbocycles. The Morgan fingerprint density at radius 3 is 2.44 bits per heavy atom. The van der Waals surface area contributed by atoms with Gasteiger partial charge in [-0.1, -0.05) is 19.8 Å². The van der Waals surface area contributed by atoms with Gasteiger partial charge in [-0.3, -0.25) is 4.90 Å². The van der Waals surface area contributed by atoms with Gasteiger partial charge in [0, 0.05) is 24.7 Å². The largest absolute Gasteiger partial charge is 0.379 e. The fourth-order valence-corrected chi connectivity index (χ4v) is 4.26. The highest BCUT2D eigenvalue weighted by molar-refractivity contribution is 5.08. The van der Waals surface area contributed by atoms with Crippen LogP contribution >= 0.6 is 0 Å². The molecule has 0 bridgehead atoms.